The first kappa shape index (κ1) is 24.2. The summed E-state index contributed by atoms with van der Waals surface area (Å²) in [6.45, 7) is 1.44. The number of hydrogen-bond acceptors (Lipinski definition) is 5. The molecular weight excluding hydrogens is 486 g/mol. The maximum atomic E-state index is 12.7. The predicted octanol–water partition coefficient (Wildman–Crippen LogP) is 6.72. The molecule has 0 radical (unpaired) electrons. The minimum atomic E-state index is -0.630. The number of aromatic nitrogens is 2. The maximum absolute atomic E-state index is 12.7. The molecule has 0 spiro atoms. The summed E-state index contributed by atoms with van der Waals surface area (Å²) in [5.74, 6) is -1.10. The van der Waals surface area contributed by atoms with Gasteiger partial charge in [0.15, 0.2) is 6.61 Å². The number of esters is 1. The maximum Gasteiger partial charge on any atom is 0.338 e. The first-order valence-corrected chi connectivity index (χ1v) is 12.0. The molecule has 1 aromatic heterocycles. The molecule has 6 nitrogen and oxygen atoms in total. The number of nitrogens with one attached hydrogen (secondary N) is 1. The molecular formula is C30H22ClN3O3. The molecule has 5 aromatic rings. The van der Waals surface area contributed by atoms with E-state index in [0.717, 1.165) is 22.4 Å². The largest absolute Gasteiger partial charge is 0.452 e. The quantitative estimate of drug-likeness (QED) is 0.258. The summed E-state index contributed by atoms with van der Waals surface area (Å²) in [7, 11) is 0. The minimum absolute atomic E-state index is 0.277. The molecule has 0 unspecified atom stereocenters. The van der Waals surface area contributed by atoms with Crippen molar-refractivity contribution < 1.29 is 14.3 Å². The molecule has 4 aromatic carbocycles. The Morgan fingerprint density at radius 2 is 1.41 bits per heavy atom. The van der Waals surface area contributed by atoms with Gasteiger partial charge in [-0.3, -0.25) is 4.79 Å². The number of amides is 1. The second-order valence-electron chi connectivity index (χ2n) is 8.44. The molecule has 1 N–H and O–H groups in total. The number of anilines is 1. The molecule has 182 valence electrons. The van der Waals surface area contributed by atoms with Crippen molar-refractivity contribution in [2.45, 2.75) is 6.92 Å². The molecule has 0 aliphatic carbocycles. The summed E-state index contributed by atoms with van der Waals surface area (Å²) in [6, 6.07) is 29.8. The average molecular weight is 508 g/mol. The molecule has 0 aliphatic heterocycles. The lowest BCUT2D eigenvalue weighted by molar-refractivity contribution is -0.119. The number of carbonyl (C=O) groups excluding carboxylic acids is 2. The number of carbonyl (C=O) groups is 2. The van der Waals surface area contributed by atoms with Crippen molar-refractivity contribution in [3.63, 3.8) is 0 Å². The number of ether oxygens (including phenoxy) is 1. The van der Waals surface area contributed by atoms with Crippen molar-refractivity contribution in [3.05, 3.63) is 113 Å². The zero-order valence-corrected chi connectivity index (χ0v) is 20.7. The molecule has 0 saturated carbocycles. The Morgan fingerprint density at radius 3 is 2.03 bits per heavy atom. The molecule has 7 heteroatoms. The lowest BCUT2D eigenvalue weighted by Crippen LogP contribution is -2.21. The van der Waals surface area contributed by atoms with E-state index in [2.05, 4.69) is 5.32 Å². The van der Waals surface area contributed by atoms with Crippen LogP contribution < -0.4 is 5.32 Å². The molecule has 0 atom stereocenters. The highest BCUT2D eigenvalue weighted by Crippen LogP contribution is 2.31. The van der Waals surface area contributed by atoms with Crippen LogP contribution in [0.5, 0.6) is 0 Å². The predicted molar refractivity (Wildman–Crippen MR) is 146 cm³/mol. The number of halogens is 1. The molecule has 0 fully saturated rings. The van der Waals surface area contributed by atoms with Crippen LogP contribution in [0.15, 0.2) is 97.1 Å². The topological polar surface area (TPSA) is 81.2 Å². The monoisotopic (exact) mass is 507 g/mol. The molecule has 0 saturated heterocycles. The van der Waals surface area contributed by atoms with Gasteiger partial charge in [0.05, 0.1) is 28.0 Å². The molecule has 1 amide bonds. The average Bonchev–Trinajstić information content (AvgIpc) is 2.93. The number of nitrogens with zero attached hydrogens (tertiary/aromatic N) is 2. The molecule has 37 heavy (non-hydrogen) atoms. The van der Waals surface area contributed by atoms with E-state index < -0.39 is 18.5 Å². The summed E-state index contributed by atoms with van der Waals surface area (Å²) < 4.78 is 5.24. The van der Waals surface area contributed by atoms with Gasteiger partial charge in [-0.15, -0.1) is 0 Å². The lowest BCUT2D eigenvalue weighted by atomic mass is 10.0. The summed E-state index contributed by atoms with van der Waals surface area (Å²) >= 11 is 6.10. The van der Waals surface area contributed by atoms with Gasteiger partial charge in [-0.2, -0.15) is 0 Å². The fourth-order valence-electron chi connectivity index (χ4n) is 3.86. The third-order valence-corrected chi connectivity index (χ3v) is 6.19. The van der Waals surface area contributed by atoms with Crippen LogP contribution in [0.2, 0.25) is 5.02 Å². The van der Waals surface area contributed by atoms with E-state index in [1.54, 1.807) is 36.4 Å². The molecule has 0 aliphatic rings. The Labute approximate surface area is 218 Å². The van der Waals surface area contributed by atoms with Crippen molar-refractivity contribution in [2.24, 2.45) is 0 Å². The van der Waals surface area contributed by atoms with Crippen LogP contribution in [0.1, 0.15) is 15.9 Å². The van der Waals surface area contributed by atoms with Gasteiger partial charge in [-0.1, -0.05) is 78.3 Å². The number of fused-ring (bicyclic) bond motifs is 1. The Balaban J connectivity index is 1.39. The SMILES string of the molecule is Cc1ccc(NC(=O)COC(=O)c2ccc3nc(-c4ccccc4)c(-c4ccccc4)nc3c2)cc1Cl. The van der Waals surface area contributed by atoms with E-state index in [-0.39, 0.29) is 5.56 Å². The molecule has 1 heterocycles. The van der Waals surface area contributed by atoms with E-state index in [1.807, 2.05) is 67.6 Å². The van der Waals surface area contributed by atoms with Crippen molar-refractivity contribution in [1.29, 1.82) is 0 Å². The van der Waals surface area contributed by atoms with Crippen LogP contribution in [0.4, 0.5) is 5.69 Å². The van der Waals surface area contributed by atoms with Crippen LogP contribution in [0.25, 0.3) is 33.5 Å². The number of aryl methyl sites for hydroxylation is 1. The van der Waals surface area contributed by atoms with E-state index in [0.29, 0.717) is 27.4 Å². The van der Waals surface area contributed by atoms with E-state index in [9.17, 15) is 9.59 Å². The minimum Gasteiger partial charge on any atom is -0.452 e. The van der Waals surface area contributed by atoms with Crippen LogP contribution in [0.3, 0.4) is 0 Å². The lowest BCUT2D eigenvalue weighted by Gasteiger charge is -2.11. The Morgan fingerprint density at radius 1 is 0.784 bits per heavy atom. The molecule has 5 rings (SSSR count). The van der Waals surface area contributed by atoms with Crippen LogP contribution in [-0.2, 0) is 9.53 Å². The van der Waals surface area contributed by atoms with Crippen LogP contribution >= 0.6 is 11.6 Å². The Hall–Kier alpha value is -4.55. The fourth-order valence-corrected chi connectivity index (χ4v) is 4.04. The zero-order valence-electron chi connectivity index (χ0n) is 19.9. The van der Waals surface area contributed by atoms with Gasteiger partial charge in [0.25, 0.3) is 5.91 Å². The summed E-state index contributed by atoms with van der Waals surface area (Å²) in [5.41, 5.74) is 6.22. The van der Waals surface area contributed by atoms with Crippen LogP contribution in [-0.4, -0.2) is 28.5 Å². The normalized spacial score (nSPS) is 10.8. The van der Waals surface area contributed by atoms with Gasteiger partial charge in [-0.25, -0.2) is 14.8 Å². The molecule has 0 bridgehead atoms. The third-order valence-electron chi connectivity index (χ3n) is 5.78. The number of rotatable bonds is 6. The summed E-state index contributed by atoms with van der Waals surface area (Å²) in [4.78, 5) is 34.7. The highest BCUT2D eigenvalue weighted by atomic mass is 35.5. The third kappa shape index (κ3) is 5.50. The van der Waals surface area contributed by atoms with Crippen molar-refractivity contribution in [2.75, 3.05) is 11.9 Å². The van der Waals surface area contributed by atoms with Crippen LogP contribution in [0, 0.1) is 6.92 Å². The Kier molecular flexibility index (Phi) is 6.92. The van der Waals surface area contributed by atoms with Gasteiger partial charge in [0, 0.05) is 21.8 Å². The smallest absolute Gasteiger partial charge is 0.338 e. The highest BCUT2D eigenvalue weighted by Gasteiger charge is 2.16. The Bertz CT molecular complexity index is 1610. The summed E-state index contributed by atoms with van der Waals surface area (Å²) in [5, 5.41) is 3.21. The van der Waals surface area contributed by atoms with E-state index in [4.69, 9.17) is 26.3 Å². The standard InChI is InChI=1S/C30H22ClN3O3/c1-19-12-14-23(17-24(19)31)32-27(35)18-37-30(36)22-13-15-25-26(16-22)34-29(21-10-6-3-7-11-21)28(33-25)20-8-4-2-5-9-20/h2-17H,18H2,1H3,(H,32,35). The van der Waals surface area contributed by atoms with Crippen molar-refractivity contribution in [1.82, 2.24) is 9.97 Å². The van der Waals surface area contributed by atoms with Gasteiger partial charge < -0.3 is 10.1 Å². The summed E-state index contributed by atoms with van der Waals surface area (Å²) in [6.07, 6.45) is 0. The zero-order chi connectivity index (χ0) is 25.8. The van der Waals surface area contributed by atoms with E-state index in [1.165, 1.54) is 0 Å². The van der Waals surface area contributed by atoms with E-state index >= 15 is 0 Å². The van der Waals surface area contributed by atoms with Crippen molar-refractivity contribution in [3.8, 4) is 22.5 Å². The van der Waals surface area contributed by atoms with Gasteiger partial charge in [0.1, 0.15) is 0 Å². The fraction of sp³-hybridized carbons (Fsp3) is 0.0667. The van der Waals surface area contributed by atoms with Crippen molar-refractivity contribution >= 4 is 40.2 Å². The number of benzene rings is 4. The number of hydrogen-bond donors (Lipinski definition) is 1. The first-order valence-electron chi connectivity index (χ1n) is 11.6. The van der Waals surface area contributed by atoms with Gasteiger partial charge in [0.2, 0.25) is 0 Å². The first-order chi connectivity index (χ1) is 18.0. The van der Waals surface area contributed by atoms with Gasteiger partial charge in [-0.05, 0) is 42.8 Å². The second-order valence-corrected chi connectivity index (χ2v) is 8.85. The second kappa shape index (κ2) is 10.6. The van der Waals surface area contributed by atoms with Gasteiger partial charge >= 0.3 is 5.97 Å². The highest BCUT2D eigenvalue weighted by molar-refractivity contribution is 6.31.